The highest BCUT2D eigenvalue weighted by Gasteiger charge is 2.19. The SMILES string of the molecule is CCCCC(Cc1c(Cl)c(CC)nn1CC)NC(C)C. The Kier molecular flexibility index (Phi) is 7.60. The van der Waals surface area contributed by atoms with Gasteiger partial charge in [-0.2, -0.15) is 5.10 Å². The first-order chi connectivity index (χ1) is 9.53. The molecule has 0 spiro atoms. The molecule has 0 saturated carbocycles. The molecule has 4 heteroatoms. The Morgan fingerprint density at radius 3 is 2.45 bits per heavy atom. The Hall–Kier alpha value is -0.540. The fraction of sp³-hybridized carbons (Fsp3) is 0.812. The van der Waals surface area contributed by atoms with Crippen LogP contribution in [0.15, 0.2) is 0 Å². The minimum Gasteiger partial charge on any atom is -0.311 e. The summed E-state index contributed by atoms with van der Waals surface area (Å²) in [7, 11) is 0. The minimum absolute atomic E-state index is 0.485. The quantitative estimate of drug-likeness (QED) is 0.740. The molecular weight excluding hydrogens is 270 g/mol. The molecule has 0 fully saturated rings. The Labute approximate surface area is 129 Å². The molecule has 0 aliphatic heterocycles. The van der Waals surface area contributed by atoms with Crippen LogP contribution in [0.1, 0.15) is 65.3 Å². The van der Waals surface area contributed by atoms with Crippen LogP contribution in [0.25, 0.3) is 0 Å². The van der Waals surface area contributed by atoms with Gasteiger partial charge in [0.1, 0.15) is 0 Å². The Bertz CT molecular complexity index is 399. The number of halogens is 1. The van der Waals surface area contributed by atoms with Crippen LogP contribution in [-0.2, 0) is 19.4 Å². The summed E-state index contributed by atoms with van der Waals surface area (Å²) in [5.41, 5.74) is 2.22. The zero-order valence-corrected chi connectivity index (χ0v) is 14.4. The molecular formula is C16H30ClN3. The van der Waals surface area contributed by atoms with Crippen molar-refractivity contribution in [3.8, 4) is 0 Å². The van der Waals surface area contributed by atoms with Crippen molar-refractivity contribution in [3.05, 3.63) is 16.4 Å². The Morgan fingerprint density at radius 2 is 1.95 bits per heavy atom. The highest BCUT2D eigenvalue weighted by molar-refractivity contribution is 6.31. The monoisotopic (exact) mass is 299 g/mol. The standard InChI is InChI=1S/C16H30ClN3/c1-6-9-10-13(18-12(4)5)11-15-16(17)14(7-2)19-20(15)8-3/h12-13,18H,6-11H2,1-5H3. The molecule has 0 aliphatic rings. The Balaban J connectivity index is 2.88. The number of hydrogen-bond donors (Lipinski definition) is 1. The number of unbranched alkanes of at least 4 members (excludes halogenated alkanes) is 1. The highest BCUT2D eigenvalue weighted by Crippen LogP contribution is 2.24. The second-order valence-corrected chi connectivity index (χ2v) is 6.12. The van der Waals surface area contributed by atoms with E-state index in [1.807, 2.05) is 0 Å². The summed E-state index contributed by atoms with van der Waals surface area (Å²) in [6.45, 7) is 11.8. The third kappa shape index (κ3) is 4.78. The minimum atomic E-state index is 0.485. The van der Waals surface area contributed by atoms with E-state index in [-0.39, 0.29) is 0 Å². The summed E-state index contributed by atoms with van der Waals surface area (Å²) in [6.07, 6.45) is 5.55. The van der Waals surface area contributed by atoms with Crippen molar-refractivity contribution in [1.29, 1.82) is 0 Å². The largest absolute Gasteiger partial charge is 0.311 e. The molecule has 20 heavy (non-hydrogen) atoms. The van der Waals surface area contributed by atoms with Crippen LogP contribution >= 0.6 is 11.6 Å². The van der Waals surface area contributed by atoms with Crippen molar-refractivity contribution in [1.82, 2.24) is 15.1 Å². The van der Waals surface area contributed by atoms with Crippen LogP contribution in [0.3, 0.4) is 0 Å². The average molecular weight is 300 g/mol. The maximum atomic E-state index is 6.51. The summed E-state index contributed by atoms with van der Waals surface area (Å²) < 4.78 is 2.07. The molecule has 0 aliphatic carbocycles. The third-order valence-electron chi connectivity index (χ3n) is 3.61. The van der Waals surface area contributed by atoms with Gasteiger partial charge in [-0.05, 0) is 19.8 Å². The van der Waals surface area contributed by atoms with Crippen molar-refractivity contribution in [2.75, 3.05) is 0 Å². The van der Waals surface area contributed by atoms with Crippen molar-refractivity contribution in [2.45, 2.75) is 85.4 Å². The molecule has 3 nitrogen and oxygen atoms in total. The summed E-state index contributed by atoms with van der Waals surface area (Å²) in [5, 5.41) is 9.16. The lowest BCUT2D eigenvalue weighted by Gasteiger charge is -2.21. The van der Waals surface area contributed by atoms with Crippen LogP contribution in [-0.4, -0.2) is 21.9 Å². The molecule has 0 radical (unpaired) electrons. The summed E-state index contributed by atoms with van der Waals surface area (Å²) in [6, 6.07) is 0.985. The van der Waals surface area contributed by atoms with Crippen molar-refractivity contribution in [3.63, 3.8) is 0 Å². The zero-order valence-electron chi connectivity index (χ0n) is 13.7. The van der Waals surface area contributed by atoms with Gasteiger partial charge in [0.15, 0.2) is 0 Å². The van der Waals surface area contributed by atoms with Crippen LogP contribution in [0, 0.1) is 0 Å². The van der Waals surface area contributed by atoms with E-state index in [4.69, 9.17) is 11.6 Å². The van der Waals surface area contributed by atoms with Crippen LogP contribution < -0.4 is 5.32 Å². The van der Waals surface area contributed by atoms with Gasteiger partial charge in [-0.15, -0.1) is 0 Å². The van der Waals surface area contributed by atoms with Crippen LogP contribution in [0.2, 0.25) is 5.02 Å². The molecule has 116 valence electrons. The van der Waals surface area contributed by atoms with Gasteiger partial charge < -0.3 is 5.32 Å². The molecule has 1 heterocycles. The number of nitrogens with zero attached hydrogens (tertiary/aromatic N) is 2. The topological polar surface area (TPSA) is 29.9 Å². The van der Waals surface area contributed by atoms with E-state index >= 15 is 0 Å². The number of aromatic nitrogens is 2. The van der Waals surface area contributed by atoms with Gasteiger partial charge in [-0.3, -0.25) is 4.68 Å². The Morgan fingerprint density at radius 1 is 1.25 bits per heavy atom. The number of hydrogen-bond acceptors (Lipinski definition) is 2. The van der Waals surface area contributed by atoms with Crippen LogP contribution in [0.5, 0.6) is 0 Å². The van der Waals surface area contributed by atoms with Gasteiger partial charge in [0.25, 0.3) is 0 Å². The van der Waals surface area contributed by atoms with Gasteiger partial charge >= 0.3 is 0 Å². The molecule has 0 saturated heterocycles. The fourth-order valence-electron chi connectivity index (χ4n) is 2.61. The molecule has 0 aromatic carbocycles. The van der Waals surface area contributed by atoms with Crippen molar-refractivity contribution < 1.29 is 0 Å². The van der Waals surface area contributed by atoms with E-state index in [1.165, 1.54) is 25.0 Å². The first-order valence-corrected chi connectivity index (χ1v) is 8.41. The number of aryl methyl sites for hydroxylation is 2. The number of rotatable bonds is 9. The van der Waals surface area contributed by atoms with E-state index in [1.54, 1.807) is 0 Å². The fourth-order valence-corrected chi connectivity index (χ4v) is 2.96. The zero-order chi connectivity index (χ0) is 15.1. The molecule has 1 unspecified atom stereocenters. The van der Waals surface area contributed by atoms with Gasteiger partial charge in [0, 0.05) is 25.0 Å². The molecule has 1 N–H and O–H groups in total. The van der Waals surface area contributed by atoms with E-state index < -0.39 is 0 Å². The summed E-state index contributed by atoms with van der Waals surface area (Å²) in [4.78, 5) is 0. The van der Waals surface area contributed by atoms with Crippen molar-refractivity contribution in [2.24, 2.45) is 0 Å². The second-order valence-electron chi connectivity index (χ2n) is 5.74. The van der Waals surface area contributed by atoms with Gasteiger partial charge in [0.05, 0.1) is 16.4 Å². The molecule has 0 amide bonds. The smallest absolute Gasteiger partial charge is 0.0850 e. The maximum absolute atomic E-state index is 6.51. The van der Waals surface area contributed by atoms with E-state index in [9.17, 15) is 0 Å². The molecule has 1 rings (SSSR count). The van der Waals surface area contributed by atoms with Crippen molar-refractivity contribution >= 4 is 11.6 Å². The summed E-state index contributed by atoms with van der Waals surface area (Å²) >= 11 is 6.51. The molecule has 0 bridgehead atoms. The molecule has 1 atom stereocenters. The summed E-state index contributed by atoms with van der Waals surface area (Å²) in [5.74, 6) is 0. The first kappa shape index (κ1) is 17.5. The van der Waals surface area contributed by atoms with E-state index in [0.717, 1.165) is 30.1 Å². The lowest BCUT2D eigenvalue weighted by Crippen LogP contribution is -2.37. The first-order valence-electron chi connectivity index (χ1n) is 8.03. The van der Waals surface area contributed by atoms with Gasteiger partial charge in [0.2, 0.25) is 0 Å². The molecule has 1 aromatic rings. The normalized spacial score (nSPS) is 13.2. The predicted octanol–water partition coefficient (Wildman–Crippen LogP) is 4.22. The third-order valence-corrected chi connectivity index (χ3v) is 4.05. The lowest BCUT2D eigenvalue weighted by molar-refractivity contribution is 0.414. The lowest BCUT2D eigenvalue weighted by atomic mass is 10.0. The van der Waals surface area contributed by atoms with E-state index in [2.05, 4.69) is 49.7 Å². The van der Waals surface area contributed by atoms with E-state index in [0.29, 0.717) is 12.1 Å². The predicted molar refractivity (Wildman–Crippen MR) is 87.6 cm³/mol. The van der Waals surface area contributed by atoms with Gasteiger partial charge in [-0.25, -0.2) is 0 Å². The van der Waals surface area contributed by atoms with Crippen LogP contribution in [0.4, 0.5) is 0 Å². The van der Waals surface area contributed by atoms with Gasteiger partial charge in [-0.1, -0.05) is 52.1 Å². The second kappa shape index (κ2) is 8.68. The molecule has 1 aromatic heterocycles. The highest BCUT2D eigenvalue weighted by atomic mass is 35.5. The average Bonchev–Trinajstić information content (AvgIpc) is 2.72. The maximum Gasteiger partial charge on any atom is 0.0850 e. The number of nitrogens with one attached hydrogen (secondary N) is 1.